The number of ether oxygens (including phenoxy) is 1. The molecule has 0 aliphatic carbocycles. The molecule has 194 valence electrons. The molecule has 0 saturated heterocycles. The number of halogens is 1. The number of carbonyl (C=O) groups excluding carboxylic acids is 3. The maximum atomic E-state index is 13.0. The van der Waals surface area contributed by atoms with Crippen molar-refractivity contribution < 1.29 is 31.9 Å². The summed E-state index contributed by atoms with van der Waals surface area (Å²) in [6.07, 6.45) is 1.43. The summed E-state index contributed by atoms with van der Waals surface area (Å²) in [5, 5.41) is 5.27. The zero-order valence-electron chi connectivity index (χ0n) is 19.9. The number of methoxy groups -OCH3 is 1. The van der Waals surface area contributed by atoms with Gasteiger partial charge < -0.3 is 15.4 Å². The molecular weight excluding hydrogens is 503 g/mol. The van der Waals surface area contributed by atoms with E-state index in [9.17, 15) is 27.2 Å². The summed E-state index contributed by atoms with van der Waals surface area (Å²) in [7, 11) is -2.70. The summed E-state index contributed by atoms with van der Waals surface area (Å²) >= 11 is 0. The van der Waals surface area contributed by atoms with E-state index >= 15 is 0 Å². The number of nitrogens with zero attached hydrogens (tertiary/aromatic N) is 1. The lowest BCUT2D eigenvalue weighted by Gasteiger charge is -2.10. The number of benzene rings is 2. The number of sulfonamides is 1. The van der Waals surface area contributed by atoms with Crippen molar-refractivity contribution in [2.24, 2.45) is 0 Å². The van der Waals surface area contributed by atoms with Gasteiger partial charge in [0.15, 0.2) is 0 Å². The van der Waals surface area contributed by atoms with E-state index in [-0.39, 0.29) is 35.1 Å². The second-order valence-electron chi connectivity index (χ2n) is 7.78. The molecular formula is C25H25FN4O6S. The van der Waals surface area contributed by atoms with Gasteiger partial charge in [0.05, 0.1) is 17.1 Å². The second-order valence-corrected chi connectivity index (χ2v) is 9.46. The van der Waals surface area contributed by atoms with Crippen LogP contribution < -0.4 is 15.4 Å². The molecule has 1 aromatic heterocycles. The number of rotatable bonds is 11. The molecule has 2 aromatic carbocycles. The van der Waals surface area contributed by atoms with Crippen LogP contribution in [-0.4, -0.2) is 57.9 Å². The van der Waals surface area contributed by atoms with E-state index in [4.69, 9.17) is 4.74 Å². The molecule has 3 aromatic rings. The van der Waals surface area contributed by atoms with Crippen molar-refractivity contribution in [2.45, 2.75) is 11.3 Å². The largest absolute Gasteiger partial charge is 0.383 e. The van der Waals surface area contributed by atoms with Gasteiger partial charge in [-0.15, -0.1) is 0 Å². The van der Waals surface area contributed by atoms with E-state index in [1.54, 1.807) is 6.07 Å². The van der Waals surface area contributed by atoms with Crippen LogP contribution in [0.5, 0.6) is 0 Å². The fourth-order valence-electron chi connectivity index (χ4n) is 3.15. The van der Waals surface area contributed by atoms with Gasteiger partial charge in [0.2, 0.25) is 0 Å². The predicted octanol–water partition coefficient (Wildman–Crippen LogP) is 1.69. The van der Waals surface area contributed by atoms with Crippen molar-refractivity contribution in [3.8, 4) is 0 Å². The minimum Gasteiger partial charge on any atom is -0.383 e. The zero-order valence-corrected chi connectivity index (χ0v) is 20.7. The highest BCUT2D eigenvalue weighted by atomic mass is 32.2. The van der Waals surface area contributed by atoms with Crippen molar-refractivity contribution in [2.75, 3.05) is 26.8 Å². The van der Waals surface area contributed by atoms with Crippen LogP contribution in [0.2, 0.25) is 0 Å². The minimum atomic E-state index is -4.20. The first-order valence-corrected chi connectivity index (χ1v) is 12.6. The van der Waals surface area contributed by atoms with E-state index in [1.807, 2.05) is 4.72 Å². The van der Waals surface area contributed by atoms with E-state index in [1.165, 1.54) is 61.7 Å². The normalized spacial score (nSPS) is 11.0. The summed E-state index contributed by atoms with van der Waals surface area (Å²) in [6, 6.07) is 13.6. The quantitative estimate of drug-likeness (QED) is 0.321. The Bertz CT molecular complexity index is 1360. The third-order valence-corrected chi connectivity index (χ3v) is 6.42. The van der Waals surface area contributed by atoms with Crippen LogP contribution in [0.15, 0.2) is 71.8 Å². The molecule has 10 nitrogen and oxygen atoms in total. The fourth-order valence-corrected chi connectivity index (χ4v) is 4.20. The van der Waals surface area contributed by atoms with Gasteiger partial charge in [0, 0.05) is 32.0 Å². The highest BCUT2D eigenvalue weighted by Crippen LogP contribution is 2.13. The predicted molar refractivity (Wildman–Crippen MR) is 132 cm³/mol. The summed E-state index contributed by atoms with van der Waals surface area (Å²) in [5.41, 5.74) is 0.932. The average Bonchev–Trinajstić information content (AvgIpc) is 2.89. The molecule has 0 atom stereocenters. The molecule has 3 N–H and O–H groups in total. The number of pyridine rings is 1. The lowest BCUT2D eigenvalue weighted by Crippen LogP contribution is -2.31. The molecule has 0 bridgehead atoms. The van der Waals surface area contributed by atoms with Crippen LogP contribution >= 0.6 is 0 Å². The number of hydrogen-bond acceptors (Lipinski definition) is 7. The molecule has 0 radical (unpaired) electrons. The van der Waals surface area contributed by atoms with E-state index < -0.39 is 27.7 Å². The molecule has 37 heavy (non-hydrogen) atoms. The number of carbonyl (C=O) groups is 3. The van der Waals surface area contributed by atoms with Crippen LogP contribution in [0.25, 0.3) is 0 Å². The SMILES string of the molecule is COCCNC(=O)c1ccc(C(=O)NS(=O)(=O)c2cccc(CCNC(=O)c3ccc(F)cc3)c2)cn1. The Kier molecular flexibility index (Phi) is 9.41. The van der Waals surface area contributed by atoms with E-state index in [2.05, 4.69) is 15.6 Å². The topological polar surface area (TPSA) is 144 Å². The lowest BCUT2D eigenvalue weighted by atomic mass is 10.1. The van der Waals surface area contributed by atoms with Gasteiger partial charge in [-0.25, -0.2) is 17.5 Å². The van der Waals surface area contributed by atoms with Crippen LogP contribution in [0.3, 0.4) is 0 Å². The monoisotopic (exact) mass is 528 g/mol. The highest BCUT2D eigenvalue weighted by molar-refractivity contribution is 7.90. The van der Waals surface area contributed by atoms with E-state index in [0.29, 0.717) is 24.2 Å². The summed E-state index contributed by atoms with van der Waals surface area (Å²) in [5.74, 6) is -2.20. The van der Waals surface area contributed by atoms with Gasteiger partial charge in [0.1, 0.15) is 11.5 Å². The highest BCUT2D eigenvalue weighted by Gasteiger charge is 2.20. The Labute approximate surface area is 213 Å². The van der Waals surface area contributed by atoms with Crippen LogP contribution in [0, 0.1) is 5.82 Å². The third-order valence-electron chi connectivity index (χ3n) is 5.09. The molecule has 0 unspecified atom stereocenters. The maximum absolute atomic E-state index is 13.0. The molecule has 3 amide bonds. The third kappa shape index (κ3) is 7.92. The Morgan fingerprint density at radius 1 is 0.892 bits per heavy atom. The first kappa shape index (κ1) is 27.4. The van der Waals surface area contributed by atoms with Crippen molar-refractivity contribution >= 4 is 27.7 Å². The molecule has 0 fully saturated rings. The standard InChI is InChI=1S/C25H25FN4O6S/c1-36-14-13-28-25(33)22-10-7-19(16-29-22)24(32)30-37(34,35)21-4-2-3-17(15-21)11-12-27-23(31)18-5-8-20(26)9-6-18/h2-10,15-16H,11-14H2,1H3,(H,27,31)(H,28,33)(H,30,32). The first-order chi connectivity index (χ1) is 17.7. The number of aromatic nitrogens is 1. The van der Waals surface area contributed by atoms with E-state index in [0.717, 1.165) is 6.20 Å². The average molecular weight is 529 g/mol. The van der Waals surface area contributed by atoms with Crippen LogP contribution in [0.4, 0.5) is 4.39 Å². The van der Waals surface area contributed by atoms with Gasteiger partial charge >= 0.3 is 0 Å². The number of amides is 3. The lowest BCUT2D eigenvalue weighted by molar-refractivity contribution is 0.0927. The molecule has 12 heteroatoms. The number of nitrogens with one attached hydrogen (secondary N) is 3. The van der Waals surface area contributed by atoms with Crippen LogP contribution in [0.1, 0.15) is 36.8 Å². The molecule has 3 rings (SSSR count). The number of hydrogen-bond donors (Lipinski definition) is 3. The molecule has 1 heterocycles. The fraction of sp³-hybridized carbons (Fsp3) is 0.200. The Balaban J connectivity index is 1.58. The Morgan fingerprint density at radius 2 is 1.59 bits per heavy atom. The zero-order chi connectivity index (χ0) is 26.8. The molecule has 0 saturated carbocycles. The smallest absolute Gasteiger partial charge is 0.269 e. The van der Waals surface area contributed by atoms with Crippen LogP contribution in [-0.2, 0) is 21.2 Å². The van der Waals surface area contributed by atoms with Gasteiger partial charge in [-0.1, -0.05) is 12.1 Å². The van der Waals surface area contributed by atoms with Crippen molar-refractivity contribution in [3.63, 3.8) is 0 Å². The summed E-state index contributed by atoms with van der Waals surface area (Å²) in [6.45, 7) is 0.830. The Morgan fingerprint density at radius 3 is 2.27 bits per heavy atom. The summed E-state index contributed by atoms with van der Waals surface area (Å²) < 4.78 is 45.3. The van der Waals surface area contributed by atoms with Gasteiger partial charge in [-0.3, -0.25) is 19.4 Å². The van der Waals surface area contributed by atoms with Gasteiger partial charge in [-0.2, -0.15) is 0 Å². The summed E-state index contributed by atoms with van der Waals surface area (Å²) in [4.78, 5) is 40.4. The Hall–Kier alpha value is -4.16. The van der Waals surface area contributed by atoms with Crippen molar-refractivity contribution in [3.05, 3.63) is 95.1 Å². The first-order valence-electron chi connectivity index (χ1n) is 11.1. The van der Waals surface area contributed by atoms with Gasteiger partial charge in [0.25, 0.3) is 27.7 Å². The second kappa shape index (κ2) is 12.7. The molecule has 0 spiro atoms. The maximum Gasteiger partial charge on any atom is 0.269 e. The van der Waals surface area contributed by atoms with Gasteiger partial charge in [-0.05, 0) is 60.5 Å². The molecule has 0 aliphatic heterocycles. The molecule has 0 aliphatic rings. The minimum absolute atomic E-state index is 0.0447. The van der Waals surface area contributed by atoms with Crippen molar-refractivity contribution in [1.29, 1.82) is 0 Å². The van der Waals surface area contributed by atoms with Crippen molar-refractivity contribution in [1.82, 2.24) is 20.3 Å².